The quantitative estimate of drug-likeness (QED) is 0.513. The third-order valence-corrected chi connectivity index (χ3v) is 1.21. The van der Waals surface area contributed by atoms with Gasteiger partial charge in [-0.3, -0.25) is 4.39 Å². The molecular formula is C6H16FN. The van der Waals surface area contributed by atoms with E-state index in [2.05, 4.69) is 5.32 Å². The predicted octanol–water partition coefficient (Wildman–Crippen LogP) is 1.59. The molecule has 8 heavy (non-hydrogen) atoms. The molecule has 1 heterocycles. The van der Waals surface area contributed by atoms with Gasteiger partial charge in [0.25, 0.3) is 0 Å². The van der Waals surface area contributed by atoms with Crippen LogP contribution in [0.3, 0.4) is 0 Å². The fourth-order valence-corrected chi connectivity index (χ4v) is 0.802. The molecular weight excluding hydrogens is 105 g/mol. The van der Waals surface area contributed by atoms with Gasteiger partial charge in [-0.05, 0) is 25.9 Å². The zero-order valence-corrected chi connectivity index (χ0v) is 5.41. The highest BCUT2D eigenvalue weighted by atomic mass is 19.1. The molecule has 1 nitrogen and oxygen atoms in total. The van der Waals surface area contributed by atoms with Crippen LogP contribution in [0.2, 0.25) is 0 Å². The highest BCUT2D eigenvalue weighted by Gasteiger charge is 1.93. The summed E-state index contributed by atoms with van der Waals surface area (Å²) in [7, 11) is 0.500. The Morgan fingerprint density at radius 3 is 1.75 bits per heavy atom. The van der Waals surface area contributed by atoms with Crippen LogP contribution in [0.5, 0.6) is 0 Å². The van der Waals surface area contributed by atoms with Gasteiger partial charge < -0.3 is 5.32 Å². The summed E-state index contributed by atoms with van der Waals surface area (Å²) in [4.78, 5) is 0. The van der Waals surface area contributed by atoms with Gasteiger partial charge >= 0.3 is 0 Å². The van der Waals surface area contributed by atoms with Crippen molar-refractivity contribution in [2.75, 3.05) is 20.3 Å². The largest absolute Gasteiger partial charge is 0.317 e. The average molecular weight is 121 g/mol. The van der Waals surface area contributed by atoms with Crippen LogP contribution in [-0.4, -0.2) is 20.3 Å². The predicted molar refractivity (Wildman–Crippen MR) is 35.9 cm³/mol. The first-order chi connectivity index (χ1) is 4.00. The van der Waals surface area contributed by atoms with Crippen molar-refractivity contribution in [3.63, 3.8) is 0 Å². The number of halogens is 1. The molecule has 1 N–H and O–H groups in total. The van der Waals surface area contributed by atoms with E-state index in [-0.39, 0.29) is 1.43 Å². The van der Waals surface area contributed by atoms with Crippen LogP contribution in [0.25, 0.3) is 0 Å². The molecule has 1 aliphatic rings. The first-order valence-corrected chi connectivity index (χ1v) is 3.09. The molecule has 0 aromatic rings. The highest BCUT2D eigenvalue weighted by Crippen LogP contribution is 1.96. The number of piperidine rings is 1. The number of hydrogen-bond acceptors (Lipinski definition) is 1. The van der Waals surface area contributed by atoms with E-state index in [1.165, 1.54) is 32.4 Å². The Morgan fingerprint density at radius 2 is 1.62 bits per heavy atom. The van der Waals surface area contributed by atoms with Gasteiger partial charge in [-0.2, -0.15) is 0 Å². The molecule has 0 saturated carbocycles. The maximum atomic E-state index is 9.50. The van der Waals surface area contributed by atoms with Crippen molar-refractivity contribution in [3.05, 3.63) is 0 Å². The molecule has 0 unspecified atom stereocenters. The third kappa shape index (κ3) is 4.06. The zero-order valence-electron chi connectivity index (χ0n) is 5.41. The normalized spacial score (nSPS) is 18.8. The number of hydrogen-bond donors (Lipinski definition) is 1. The molecule has 2 heteroatoms. The second kappa shape index (κ2) is 6.89. The van der Waals surface area contributed by atoms with Crippen molar-refractivity contribution in [3.8, 4) is 0 Å². The Kier molecular flexibility index (Phi) is 6.80. The van der Waals surface area contributed by atoms with Crippen LogP contribution in [0.4, 0.5) is 4.39 Å². The minimum absolute atomic E-state index is 0. The van der Waals surface area contributed by atoms with Crippen LogP contribution >= 0.6 is 0 Å². The van der Waals surface area contributed by atoms with Gasteiger partial charge in [0.2, 0.25) is 0 Å². The van der Waals surface area contributed by atoms with E-state index in [0.717, 1.165) is 0 Å². The summed E-state index contributed by atoms with van der Waals surface area (Å²) in [5.41, 5.74) is 0. The number of alkyl halides is 1. The van der Waals surface area contributed by atoms with Gasteiger partial charge in [0.15, 0.2) is 0 Å². The molecule has 1 rings (SSSR count). The van der Waals surface area contributed by atoms with E-state index in [0.29, 0.717) is 7.18 Å². The summed E-state index contributed by atoms with van der Waals surface area (Å²) < 4.78 is 9.50. The lowest BCUT2D eigenvalue weighted by Crippen LogP contribution is -2.21. The van der Waals surface area contributed by atoms with E-state index >= 15 is 0 Å². The molecule has 0 aromatic heterocycles. The molecule has 0 spiro atoms. The summed E-state index contributed by atoms with van der Waals surface area (Å²) in [6, 6.07) is 0. The molecule has 1 saturated heterocycles. The Labute approximate surface area is 51.8 Å². The van der Waals surface area contributed by atoms with Gasteiger partial charge in [-0.25, -0.2) is 0 Å². The summed E-state index contributed by atoms with van der Waals surface area (Å²) in [5, 5.41) is 3.28. The molecule has 0 aromatic carbocycles. The second-order valence-electron chi connectivity index (χ2n) is 1.81. The molecule has 52 valence electrons. The van der Waals surface area contributed by atoms with Crippen molar-refractivity contribution in [1.29, 1.82) is 0 Å². The van der Waals surface area contributed by atoms with Crippen LogP contribution in [0.15, 0.2) is 0 Å². The molecule has 0 aliphatic carbocycles. The highest BCUT2D eigenvalue weighted by molar-refractivity contribution is 4.55. The average Bonchev–Trinajstić information content (AvgIpc) is 1.96. The number of nitrogens with one attached hydrogen (secondary N) is 1. The summed E-state index contributed by atoms with van der Waals surface area (Å²) >= 11 is 0. The van der Waals surface area contributed by atoms with Crippen LogP contribution in [0, 0.1) is 0 Å². The monoisotopic (exact) mass is 121 g/mol. The summed E-state index contributed by atoms with van der Waals surface area (Å²) in [6.07, 6.45) is 4.22. The third-order valence-electron chi connectivity index (χ3n) is 1.21. The Morgan fingerprint density at radius 1 is 1.12 bits per heavy atom. The minimum atomic E-state index is 0. The molecule has 0 radical (unpaired) electrons. The topological polar surface area (TPSA) is 12.0 Å². The van der Waals surface area contributed by atoms with Crippen LogP contribution in [0.1, 0.15) is 20.7 Å². The lowest BCUT2D eigenvalue weighted by atomic mass is 10.2. The van der Waals surface area contributed by atoms with Crippen molar-refractivity contribution >= 4 is 0 Å². The van der Waals surface area contributed by atoms with Gasteiger partial charge in [-0.1, -0.05) is 6.42 Å². The Balaban J connectivity index is 0. The maximum Gasteiger partial charge on any atom is 0.0785 e. The minimum Gasteiger partial charge on any atom is -0.317 e. The zero-order chi connectivity index (χ0) is 6.24. The van der Waals surface area contributed by atoms with Gasteiger partial charge in [-0.15, -0.1) is 0 Å². The SMILES string of the molecule is C1CCNCC1.CF.[HH]. The van der Waals surface area contributed by atoms with E-state index in [4.69, 9.17) is 0 Å². The van der Waals surface area contributed by atoms with E-state index in [1.807, 2.05) is 0 Å². The van der Waals surface area contributed by atoms with Gasteiger partial charge in [0, 0.05) is 1.43 Å². The first-order valence-electron chi connectivity index (χ1n) is 3.09. The van der Waals surface area contributed by atoms with Crippen molar-refractivity contribution in [2.45, 2.75) is 19.3 Å². The van der Waals surface area contributed by atoms with Crippen LogP contribution in [-0.2, 0) is 0 Å². The van der Waals surface area contributed by atoms with Gasteiger partial charge in [0.05, 0.1) is 7.18 Å². The fourth-order valence-electron chi connectivity index (χ4n) is 0.802. The Hall–Kier alpha value is -0.110. The molecule has 1 aliphatic heterocycles. The fraction of sp³-hybridized carbons (Fsp3) is 1.00. The van der Waals surface area contributed by atoms with Gasteiger partial charge in [0.1, 0.15) is 0 Å². The van der Waals surface area contributed by atoms with E-state index in [1.54, 1.807) is 0 Å². The van der Waals surface area contributed by atoms with E-state index < -0.39 is 0 Å². The number of rotatable bonds is 0. The lowest BCUT2D eigenvalue weighted by molar-refractivity contribution is 0.520. The summed E-state index contributed by atoms with van der Waals surface area (Å²) in [6.45, 7) is 2.50. The van der Waals surface area contributed by atoms with Crippen molar-refractivity contribution in [1.82, 2.24) is 5.32 Å². The van der Waals surface area contributed by atoms with Crippen molar-refractivity contribution < 1.29 is 5.82 Å². The van der Waals surface area contributed by atoms with E-state index in [9.17, 15) is 4.39 Å². The van der Waals surface area contributed by atoms with Crippen LogP contribution < -0.4 is 5.32 Å². The molecule has 1 fully saturated rings. The molecule has 0 bridgehead atoms. The second-order valence-corrected chi connectivity index (χ2v) is 1.81. The lowest BCUT2D eigenvalue weighted by Gasteiger charge is -2.08. The van der Waals surface area contributed by atoms with Crippen molar-refractivity contribution in [2.24, 2.45) is 0 Å². The summed E-state index contributed by atoms with van der Waals surface area (Å²) in [5.74, 6) is 0. The smallest absolute Gasteiger partial charge is 0.0785 e. The molecule has 0 atom stereocenters. The maximum absolute atomic E-state index is 9.50. The first kappa shape index (κ1) is 7.89. The molecule has 0 amide bonds. The standard InChI is InChI=1S/C5H11N.CH3F.H2/c1-2-4-6-5-3-1;1-2;/h6H,1-5H2;1H3;1H. The Bertz CT molecular complexity index is 28.5.